The number of sulfonamides is 1. The highest BCUT2D eigenvalue weighted by atomic mass is 32.2. The summed E-state index contributed by atoms with van der Waals surface area (Å²) in [4.78, 5) is 28.0. The maximum Gasteiger partial charge on any atom is 0.429 e. The molecule has 4 aromatic rings. The van der Waals surface area contributed by atoms with Crippen molar-refractivity contribution in [3.05, 3.63) is 108 Å². The van der Waals surface area contributed by atoms with E-state index in [4.69, 9.17) is 9.47 Å². The van der Waals surface area contributed by atoms with Crippen LogP contribution in [0.25, 0.3) is 10.8 Å². The van der Waals surface area contributed by atoms with Gasteiger partial charge in [-0.15, -0.1) is 0 Å². The van der Waals surface area contributed by atoms with Gasteiger partial charge in [0.2, 0.25) is 10.0 Å². The van der Waals surface area contributed by atoms with Gasteiger partial charge >= 0.3 is 6.09 Å². The van der Waals surface area contributed by atoms with Crippen LogP contribution in [0.2, 0.25) is 0 Å². The summed E-state index contributed by atoms with van der Waals surface area (Å²) in [6, 6.07) is 28.5. The smallest absolute Gasteiger partial charge is 0.429 e. The van der Waals surface area contributed by atoms with Crippen molar-refractivity contribution >= 4 is 44.6 Å². The highest BCUT2D eigenvalue weighted by molar-refractivity contribution is 7.99. The van der Waals surface area contributed by atoms with Crippen LogP contribution in [0.15, 0.2) is 102 Å². The number of carbonyl (C=O) groups is 2. The van der Waals surface area contributed by atoms with E-state index >= 15 is 0 Å². The predicted molar refractivity (Wildman–Crippen MR) is 185 cm³/mol. The Balaban J connectivity index is 1.45. The van der Waals surface area contributed by atoms with Gasteiger partial charge in [0, 0.05) is 24.6 Å². The van der Waals surface area contributed by atoms with Crippen LogP contribution in [-0.2, 0) is 31.9 Å². The highest BCUT2D eigenvalue weighted by Crippen LogP contribution is 2.36. The molecule has 0 radical (unpaired) electrons. The molecular formula is C36H41N3O6S2. The lowest BCUT2D eigenvalue weighted by atomic mass is 10.1. The molecule has 9 nitrogen and oxygen atoms in total. The fraction of sp³-hybridized carbons (Fsp3) is 0.333. The maximum atomic E-state index is 14.4. The molecule has 2 amide bonds. The number of likely N-dealkylation sites (N-methyl/N-ethyl adjacent to an activating group) is 1. The first-order valence-electron chi connectivity index (χ1n) is 15.4. The fourth-order valence-corrected chi connectivity index (χ4v) is 8.45. The van der Waals surface area contributed by atoms with Crippen molar-refractivity contribution in [2.75, 3.05) is 20.7 Å². The zero-order valence-corrected chi connectivity index (χ0v) is 29.0. The van der Waals surface area contributed by atoms with Gasteiger partial charge in [0.25, 0.3) is 5.91 Å². The summed E-state index contributed by atoms with van der Waals surface area (Å²) < 4.78 is 40.9. The zero-order valence-electron chi connectivity index (χ0n) is 27.3. The Kier molecular flexibility index (Phi) is 10.5. The third kappa shape index (κ3) is 8.27. The van der Waals surface area contributed by atoms with Crippen LogP contribution in [0.1, 0.15) is 38.3 Å². The molecule has 0 aliphatic carbocycles. The van der Waals surface area contributed by atoms with E-state index in [2.05, 4.69) is 0 Å². The summed E-state index contributed by atoms with van der Waals surface area (Å²) in [5.41, 5.74) is 1.04. The number of hydrogen-bond acceptors (Lipinski definition) is 7. The molecule has 0 saturated carbocycles. The van der Waals surface area contributed by atoms with Crippen LogP contribution < -0.4 is 4.74 Å². The molecule has 0 N–H and O–H groups in total. The number of thioether (sulfide) groups is 1. The van der Waals surface area contributed by atoms with Crippen molar-refractivity contribution < 1.29 is 27.5 Å². The zero-order chi connectivity index (χ0) is 33.8. The molecule has 0 unspecified atom stereocenters. The van der Waals surface area contributed by atoms with Gasteiger partial charge in [0.05, 0.1) is 18.6 Å². The number of benzene rings is 4. The van der Waals surface area contributed by atoms with Gasteiger partial charge in [-0.05, 0) is 73.4 Å². The number of fused-ring (bicyclic) bond motifs is 1. The summed E-state index contributed by atoms with van der Waals surface area (Å²) >= 11 is 1.60. The second-order valence-electron chi connectivity index (χ2n) is 12.5. The second-order valence-corrected chi connectivity index (χ2v) is 15.7. The van der Waals surface area contributed by atoms with Gasteiger partial charge in [-0.2, -0.15) is 16.1 Å². The first-order valence-corrected chi connectivity index (χ1v) is 17.9. The number of hydrogen-bond donors (Lipinski definition) is 0. The number of amides is 2. The molecule has 248 valence electrons. The molecule has 4 aromatic carbocycles. The van der Waals surface area contributed by atoms with E-state index in [1.165, 1.54) is 21.4 Å². The molecule has 11 heteroatoms. The highest BCUT2D eigenvalue weighted by Gasteiger charge is 2.46. The Morgan fingerprint density at radius 3 is 2.21 bits per heavy atom. The number of ether oxygens (including phenoxy) is 2. The Morgan fingerprint density at radius 1 is 0.894 bits per heavy atom. The Bertz CT molecular complexity index is 1810. The Hall–Kier alpha value is -4.06. The molecule has 1 aliphatic rings. The standard InChI is InChI=1S/C36H41N3O6S2/c1-36(2,3)45-35(41)38(23-26-11-7-6-8-12-26)37(4)34(40)33-22-31(46-25-27-15-18-30(44-5)19-16-27)24-39(33)47(42,43)32-20-17-28-13-9-10-14-29(28)21-32/h6-21,31,33H,22-25H2,1-5H3/t31-,33+/m1/s1. The van der Waals surface area contributed by atoms with E-state index in [9.17, 15) is 18.0 Å². The van der Waals surface area contributed by atoms with E-state index in [0.717, 1.165) is 27.6 Å². The van der Waals surface area contributed by atoms with Crippen molar-refractivity contribution in [1.82, 2.24) is 14.3 Å². The SMILES string of the molecule is COc1ccc(CS[C@@H]2C[C@@H](C(=O)N(C)N(Cc3ccccc3)C(=O)OC(C)(C)C)N(S(=O)(=O)c3ccc4ccccc4c3)C2)cc1. The van der Waals surface area contributed by atoms with E-state index < -0.39 is 33.7 Å². The van der Waals surface area contributed by atoms with Crippen molar-refractivity contribution in [2.45, 2.75) is 61.3 Å². The average molecular weight is 676 g/mol. The second kappa shape index (κ2) is 14.4. The van der Waals surface area contributed by atoms with E-state index in [-0.39, 0.29) is 29.7 Å². The summed E-state index contributed by atoms with van der Waals surface area (Å²) in [5.74, 6) is 0.877. The molecule has 1 fully saturated rings. The fourth-order valence-electron chi connectivity index (χ4n) is 5.48. The quantitative estimate of drug-likeness (QED) is 0.182. The number of hydrazine groups is 1. The molecule has 5 rings (SSSR count). The minimum Gasteiger partial charge on any atom is -0.497 e. The largest absolute Gasteiger partial charge is 0.497 e. The molecular weight excluding hydrogens is 635 g/mol. The average Bonchev–Trinajstić information content (AvgIpc) is 3.50. The Labute approximate surface area is 281 Å². The minimum atomic E-state index is -4.10. The van der Waals surface area contributed by atoms with Crippen molar-refractivity contribution in [3.63, 3.8) is 0 Å². The summed E-state index contributed by atoms with van der Waals surface area (Å²) in [7, 11) is -0.985. The van der Waals surface area contributed by atoms with E-state index in [1.807, 2.05) is 78.9 Å². The molecule has 1 heterocycles. The predicted octanol–water partition coefficient (Wildman–Crippen LogP) is 6.72. The lowest BCUT2D eigenvalue weighted by molar-refractivity contribution is -0.149. The normalized spacial score (nSPS) is 17.0. The van der Waals surface area contributed by atoms with Crippen LogP contribution in [-0.4, -0.2) is 72.3 Å². The summed E-state index contributed by atoms with van der Waals surface area (Å²) in [6.45, 7) is 5.48. The maximum absolute atomic E-state index is 14.4. The topological polar surface area (TPSA) is 96.5 Å². The van der Waals surface area contributed by atoms with Gasteiger partial charge in [0.15, 0.2) is 0 Å². The minimum absolute atomic E-state index is 0.0672. The molecule has 0 bridgehead atoms. The van der Waals surface area contributed by atoms with Crippen molar-refractivity contribution in [3.8, 4) is 5.75 Å². The van der Waals surface area contributed by atoms with E-state index in [1.54, 1.807) is 57.8 Å². The van der Waals surface area contributed by atoms with Crippen LogP contribution >= 0.6 is 11.8 Å². The number of rotatable bonds is 9. The summed E-state index contributed by atoms with van der Waals surface area (Å²) in [5, 5.41) is 3.99. The summed E-state index contributed by atoms with van der Waals surface area (Å²) in [6.07, 6.45) is -0.422. The monoisotopic (exact) mass is 675 g/mol. The lowest BCUT2D eigenvalue weighted by Gasteiger charge is -2.36. The Morgan fingerprint density at radius 2 is 1.55 bits per heavy atom. The lowest BCUT2D eigenvalue weighted by Crippen LogP contribution is -2.54. The molecule has 1 aliphatic heterocycles. The molecule has 0 aromatic heterocycles. The number of carbonyl (C=O) groups excluding carboxylic acids is 2. The van der Waals surface area contributed by atoms with Crippen LogP contribution in [0, 0.1) is 0 Å². The third-order valence-corrected chi connectivity index (χ3v) is 11.1. The molecule has 47 heavy (non-hydrogen) atoms. The number of nitrogens with zero attached hydrogens (tertiary/aromatic N) is 3. The first kappa shape index (κ1) is 34.3. The van der Waals surface area contributed by atoms with Gasteiger partial charge in [-0.1, -0.05) is 72.8 Å². The van der Waals surface area contributed by atoms with Gasteiger partial charge in [-0.25, -0.2) is 18.2 Å². The molecule has 2 atom stereocenters. The molecule has 0 spiro atoms. The van der Waals surface area contributed by atoms with Gasteiger partial charge in [0.1, 0.15) is 17.4 Å². The van der Waals surface area contributed by atoms with Crippen LogP contribution in [0.4, 0.5) is 4.79 Å². The van der Waals surface area contributed by atoms with Gasteiger partial charge in [-0.3, -0.25) is 9.80 Å². The van der Waals surface area contributed by atoms with Crippen molar-refractivity contribution in [2.24, 2.45) is 0 Å². The van der Waals surface area contributed by atoms with Gasteiger partial charge < -0.3 is 9.47 Å². The third-order valence-electron chi connectivity index (χ3n) is 7.94. The number of methoxy groups -OCH3 is 1. The first-order chi connectivity index (χ1) is 22.4. The van der Waals surface area contributed by atoms with Crippen LogP contribution in [0.3, 0.4) is 0 Å². The molecule has 1 saturated heterocycles. The van der Waals surface area contributed by atoms with E-state index in [0.29, 0.717) is 5.75 Å². The van der Waals surface area contributed by atoms with Crippen LogP contribution in [0.5, 0.6) is 5.75 Å². The van der Waals surface area contributed by atoms with Crippen molar-refractivity contribution in [1.29, 1.82) is 0 Å².